The third kappa shape index (κ3) is 4.25. The Kier molecular flexibility index (Phi) is 5.65. The average molecular weight is 417 g/mol. The SMILES string of the molecule is CNC(=O)c1ccnc2c(CCNc3cc(-c4cnc(N)c(F)c4)ncn3)cccc12. The van der Waals surface area contributed by atoms with Crippen LogP contribution in [-0.2, 0) is 6.42 Å². The number of benzene rings is 1. The molecule has 4 aromatic rings. The normalized spacial score (nSPS) is 10.8. The first-order valence-electron chi connectivity index (χ1n) is 9.63. The van der Waals surface area contributed by atoms with Crippen LogP contribution >= 0.6 is 0 Å². The van der Waals surface area contributed by atoms with Gasteiger partial charge in [0.25, 0.3) is 5.91 Å². The highest BCUT2D eigenvalue weighted by atomic mass is 19.1. The molecule has 0 spiro atoms. The van der Waals surface area contributed by atoms with Gasteiger partial charge in [-0.3, -0.25) is 9.78 Å². The Morgan fingerprint density at radius 2 is 2.00 bits per heavy atom. The number of halogens is 1. The van der Waals surface area contributed by atoms with Gasteiger partial charge >= 0.3 is 0 Å². The zero-order valence-electron chi connectivity index (χ0n) is 16.8. The summed E-state index contributed by atoms with van der Waals surface area (Å²) in [4.78, 5) is 28.8. The van der Waals surface area contributed by atoms with Crippen LogP contribution in [0.4, 0.5) is 16.0 Å². The number of nitrogens with zero attached hydrogens (tertiary/aromatic N) is 4. The standard InChI is InChI=1S/C22H20FN7O/c1-25-22(31)16-6-8-27-20-13(3-2-4-15(16)20)5-7-26-19-10-18(29-12-30-19)14-9-17(23)21(24)28-11-14/h2-4,6,8-12H,5,7H2,1H3,(H2,24,28)(H,25,31)(H,26,29,30). The van der Waals surface area contributed by atoms with Gasteiger partial charge < -0.3 is 16.4 Å². The van der Waals surface area contributed by atoms with Gasteiger partial charge in [0.2, 0.25) is 0 Å². The van der Waals surface area contributed by atoms with E-state index in [1.54, 1.807) is 25.4 Å². The number of para-hydroxylation sites is 1. The van der Waals surface area contributed by atoms with E-state index in [1.165, 1.54) is 18.6 Å². The third-order valence-corrected chi connectivity index (χ3v) is 4.86. The van der Waals surface area contributed by atoms with Gasteiger partial charge in [0.15, 0.2) is 11.6 Å². The second kappa shape index (κ2) is 8.70. The maximum atomic E-state index is 13.7. The number of carbonyl (C=O) groups is 1. The number of nitrogen functional groups attached to an aromatic ring is 1. The molecule has 31 heavy (non-hydrogen) atoms. The molecule has 8 nitrogen and oxygen atoms in total. The Bertz CT molecular complexity index is 1260. The highest BCUT2D eigenvalue weighted by Crippen LogP contribution is 2.22. The number of carbonyl (C=O) groups excluding carboxylic acids is 1. The molecule has 0 saturated carbocycles. The number of nitrogens with one attached hydrogen (secondary N) is 2. The van der Waals surface area contributed by atoms with Crippen molar-refractivity contribution in [2.45, 2.75) is 6.42 Å². The number of anilines is 2. The highest BCUT2D eigenvalue weighted by Gasteiger charge is 2.11. The van der Waals surface area contributed by atoms with E-state index in [0.717, 1.165) is 16.5 Å². The lowest BCUT2D eigenvalue weighted by Crippen LogP contribution is -2.18. The van der Waals surface area contributed by atoms with E-state index in [4.69, 9.17) is 5.73 Å². The molecule has 1 amide bonds. The lowest BCUT2D eigenvalue weighted by atomic mass is 10.0. The number of fused-ring (bicyclic) bond motifs is 1. The van der Waals surface area contributed by atoms with Crippen molar-refractivity contribution in [2.75, 3.05) is 24.6 Å². The first kappa shape index (κ1) is 20.1. The molecule has 0 aliphatic carbocycles. The molecule has 3 aromatic heterocycles. The zero-order chi connectivity index (χ0) is 21.8. The van der Waals surface area contributed by atoms with Crippen LogP contribution in [0.5, 0.6) is 0 Å². The summed E-state index contributed by atoms with van der Waals surface area (Å²) < 4.78 is 13.7. The molecule has 0 atom stereocenters. The maximum absolute atomic E-state index is 13.7. The van der Waals surface area contributed by atoms with Crippen LogP contribution in [0.2, 0.25) is 0 Å². The van der Waals surface area contributed by atoms with Gasteiger partial charge in [-0.1, -0.05) is 18.2 Å². The summed E-state index contributed by atoms with van der Waals surface area (Å²) in [6, 6.07) is 10.5. The number of aromatic nitrogens is 4. The van der Waals surface area contributed by atoms with Crippen LogP contribution < -0.4 is 16.4 Å². The van der Waals surface area contributed by atoms with Gasteiger partial charge in [0, 0.05) is 43.0 Å². The molecule has 0 fully saturated rings. The summed E-state index contributed by atoms with van der Waals surface area (Å²) in [7, 11) is 1.60. The Hall–Kier alpha value is -4.14. The summed E-state index contributed by atoms with van der Waals surface area (Å²) in [5, 5.41) is 6.71. The van der Waals surface area contributed by atoms with Crippen LogP contribution in [0.1, 0.15) is 15.9 Å². The molecule has 0 aliphatic rings. The van der Waals surface area contributed by atoms with Gasteiger partial charge in [-0.15, -0.1) is 0 Å². The largest absolute Gasteiger partial charge is 0.381 e. The molecule has 1 aromatic carbocycles. The number of rotatable bonds is 6. The minimum absolute atomic E-state index is 0.148. The fourth-order valence-electron chi connectivity index (χ4n) is 3.30. The topological polar surface area (TPSA) is 119 Å². The van der Waals surface area contributed by atoms with Crippen molar-refractivity contribution >= 4 is 28.4 Å². The van der Waals surface area contributed by atoms with E-state index in [1.807, 2.05) is 18.2 Å². The fourth-order valence-corrected chi connectivity index (χ4v) is 3.30. The Morgan fingerprint density at radius 3 is 2.81 bits per heavy atom. The molecule has 9 heteroatoms. The molecule has 0 aliphatic heterocycles. The number of nitrogens with two attached hydrogens (primary N) is 1. The Morgan fingerprint density at radius 1 is 1.13 bits per heavy atom. The van der Waals surface area contributed by atoms with Gasteiger partial charge in [-0.2, -0.15) is 0 Å². The third-order valence-electron chi connectivity index (χ3n) is 4.86. The lowest BCUT2D eigenvalue weighted by molar-refractivity contribution is 0.0964. The Balaban J connectivity index is 1.50. The van der Waals surface area contributed by atoms with Crippen LogP contribution in [0.15, 0.2) is 55.1 Å². The predicted molar refractivity (Wildman–Crippen MR) is 117 cm³/mol. The smallest absolute Gasteiger partial charge is 0.251 e. The van der Waals surface area contributed by atoms with Gasteiger partial charge in [0.1, 0.15) is 12.1 Å². The zero-order valence-corrected chi connectivity index (χ0v) is 16.8. The van der Waals surface area contributed by atoms with Crippen LogP contribution in [0.3, 0.4) is 0 Å². The summed E-state index contributed by atoms with van der Waals surface area (Å²) in [6.45, 7) is 0.579. The predicted octanol–water partition coefficient (Wildman–Crippen LogP) is 2.82. The number of pyridine rings is 2. The molecular formula is C22H20FN7O. The van der Waals surface area contributed by atoms with Crippen molar-refractivity contribution < 1.29 is 9.18 Å². The molecular weight excluding hydrogens is 397 g/mol. The Labute approximate surface area is 177 Å². The highest BCUT2D eigenvalue weighted by molar-refractivity contribution is 6.06. The van der Waals surface area contributed by atoms with E-state index in [0.29, 0.717) is 35.6 Å². The van der Waals surface area contributed by atoms with Gasteiger partial charge in [-0.05, 0) is 24.1 Å². The summed E-state index contributed by atoms with van der Waals surface area (Å²) >= 11 is 0. The monoisotopic (exact) mass is 417 g/mol. The van der Waals surface area contributed by atoms with Crippen LogP contribution in [-0.4, -0.2) is 39.4 Å². The summed E-state index contributed by atoms with van der Waals surface area (Å²) in [6.07, 6.45) is 5.18. The number of amides is 1. The van der Waals surface area contributed by atoms with Crippen molar-refractivity contribution in [3.63, 3.8) is 0 Å². The fraction of sp³-hybridized carbons (Fsp3) is 0.136. The van der Waals surface area contributed by atoms with Gasteiger partial charge in [-0.25, -0.2) is 19.3 Å². The number of hydrogen-bond donors (Lipinski definition) is 3. The van der Waals surface area contributed by atoms with Crippen molar-refractivity contribution in [3.05, 3.63) is 72.1 Å². The average Bonchev–Trinajstić information content (AvgIpc) is 2.80. The van der Waals surface area contributed by atoms with E-state index in [9.17, 15) is 9.18 Å². The van der Waals surface area contributed by atoms with Gasteiger partial charge in [0.05, 0.1) is 16.8 Å². The minimum atomic E-state index is -0.592. The quantitative estimate of drug-likeness (QED) is 0.441. The molecule has 156 valence electrons. The molecule has 0 bridgehead atoms. The number of hydrogen-bond acceptors (Lipinski definition) is 7. The van der Waals surface area contributed by atoms with E-state index < -0.39 is 5.82 Å². The molecule has 4 N–H and O–H groups in total. The minimum Gasteiger partial charge on any atom is -0.381 e. The second-order valence-electron chi connectivity index (χ2n) is 6.81. The molecule has 0 saturated heterocycles. The van der Waals surface area contributed by atoms with Crippen LogP contribution in [0, 0.1) is 5.82 Å². The van der Waals surface area contributed by atoms with Crippen molar-refractivity contribution in [1.82, 2.24) is 25.3 Å². The van der Waals surface area contributed by atoms with Crippen LogP contribution in [0.25, 0.3) is 22.2 Å². The second-order valence-corrected chi connectivity index (χ2v) is 6.81. The lowest BCUT2D eigenvalue weighted by Gasteiger charge is -2.10. The van der Waals surface area contributed by atoms with E-state index in [-0.39, 0.29) is 11.7 Å². The van der Waals surface area contributed by atoms with Crippen molar-refractivity contribution in [3.8, 4) is 11.3 Å². The summed E-state index contributed by atoms with van der Waals surface area (Å²) in [5.74, 6) is -0.295. The van der Waals surface area contributed by atoms with E-state index >= 15 is 0 Å². The molecule has 3 heterocycles. The van der Waals surface area contributed by atoms with Crippen molar-refractivity contribution in [1.29, 1.82) is 0 Å². The first-order valence-corrected chi connectivity index (χ1v) is 9.63. The summed E-state index contributed by atoms with van der Waals surface area (Å²) in [5.41, 5.74) is 8.87. The van der Waals surface area contributed by atoms with Crippen molar-refractivity contribution in [2.24, 2.45) is 0 Å². The van der Waals surface area contributed by atoms with E-state index in [2.05, 4.69) is 30.6 Å². The maximum Gasteiger partial charge on any atom is 0.251 e. The first-order chi connectivity index (χ1) is 15.1. The molecule has 0 unspecified atom stereocenters. The molecule has 0 radical (unpaired) electrons. The molecule has 4 rings (SSSR count).